The fraction of sp³-hybridized carbons (Fsp3) is 0.667. The maximum absolute atomic E-state index is 7.05. The highest BCUT2D eigenvalue weighted by molar-refractivity contribution is 9.35. The van der Waals surface area contributed by atoms with E-state index < -0.39 is 17.6 Å². The van der Waals surface area contributed by atoms with Crippen molar-refractivity contribution in [2.45, 2.75) is 169 Å². The van der Waals surface area contributed by atoms with E-state index in [0.717, 1.165) is 71.1 Å². The molecule has 0 amide bonds. The Morgan fingerprint density at radius 2 is 0.746 bits per heavy atom. The standard InChI is InChI=1S/C42H68N2O6S7Si2/c1-13-29(7)45-58(46-30(8)14-2,47-31(9)15-3)39(41-43-35-23-19-21-25-37(35)53-41)27-51-55-57-56-52-28-40(42-44-36-24-20-22-26-38(36)54-42)59(48-32(10)16-4,49-33(11)17-5)50-34(12)18-6/h19-26,29-34,39-40H,13-18,27-28H2,1-12H3. The smallest absolute Gasteiger partial charge is 0.370 e. The Bertz CT molecular complexity index is 1540. The van der Waals surface area contributed by atoms with E-state index in [4.69, 9.17) is 36.5 Å². The number of aromatic nitrogens is 2. The van der Waals surface area contributed by atoms with Gasteiger partial charge in [0.05, 0.1) is 31.5 Å². The van der Waals surface area contributed by atoms with Crippen LogP contribution < -0.4 is 0 Å². The van der Waals surface area contributed by atoms with Gasteiger partial charge in [-0.3, -0.25) is 0 Å². The lowest BCUT2D eigenvalue weighted by Gasteiger charge is -2.40. The van der Waals surface area contributed by atoms with Crippen LogP contribution in [-0.4, -0.2) is 75.7 Å². The summed E-state index contributed by atoms with van der Waals surface area (Å²) in [5.41, 5.74) is 1.75. The van der Waals surface area contributed by atoms with E-state index in [0.29, 0.717) is 0 Å². The average Bonchev–Trinajstić information content (AvgIpc) is 3.87. The lowest BCUT2D eigenvalue weighted by molar-refractivity contribution is -0.0174. The highest BCUT2D eigenvalue weighted by Crippen LogP contribution is 2.53. The fourth-order valence-electron chi connectivity index (χ4n) is 5.81. The van der Waals surface area contributed by atoms with Gasteiger partial charge in [0.25, 0.3) is 0 Å². The van der Waals surface area contributed by atoms with Crippen LogP contribution in [0.4, 0.5) is 0 Å². The lowest BCUT2D eigenvalue weighted by Crippen LogP contribution is -2.57. The van der Waals surface area contributed by atoms with Crippen molar-refractivity contribution in [3.63, 3.8) is 0 Å². The van der Waals surface area contributed by atoms with Crippen molar-refractivity contribution >= 4 is 112 Å². The van der Waals surface area contributed by atoms with Crippen molar-refractivity contribution in [1.29, 1.82) is 0 Å². The molecule has 332 valence electrons. The van der Waals surface area contributed by atoms with E-state index in [1.54, 1.807) is 52.2 Å². The van der Waals surface area contributed by atoms with Gasteiger partial charge in [0.2, 0.25) is 0 Å². The molecule has 0 fully saturated rings. The Labute approximate surface area is 384 Å². The zero-order chi connectivity index (χ0) is 43.0. The molecule has 2 aromatic heterocycles. The molecular weight excluding hydrogens is 909 g/mol. The number of para-hydroxylation sites is 2. The molecule has 0 saturated carbocycles. The summed E-state index contributed by atoms with van der Waals surface area (Å²) < 4.78 is 44.7. The van der Waals surface area contributed by atoms with Crippen LogP contribution in [0.2, 0.25) is 0 Å². The molecule has 2 heterocycles. The quantitative estimate of drug-likeness (QED) is 0.0283. The summed E-state index contributed by atoms with van der Waals surface area (Å²) >= 11 is 3.48. The normalized spacial score (nSPS) is 18.5. The molecule has 0 N–H and O–H groups in total. The van der Waals surface area contributed by atoms with Gasteiger partial charge in [0, 0.05) is 48.1 Å². The number of benzene rings is 2. The third-order valence-electron chi connectivity index (χ3n) is 10.3. The second kappa shape index (κ2) is 26.2. The van der Waals surface area contributed by atoms with Crippen LogP contribution in [0.25, 0.3) is 20.4 Å². The zero-order valence-corrected chi connectivity index (χ0v) is 44.8. The second-order valence-corrected chi connectivity index (χ2v) is 30.4. The molecule has 0 radical (unpaired) electrons. The molecule has 2 aromatic carbocycles. The van der Waals surface area contributed by atoms with Crippen LogP contribution in [0.5, 0.6) is 0 Å². The zero-order valence-electron chi connectivity index (χ0n) is 37.1. The van der Waals surface area contributed by atoms with Crippen molar-refractivity contribution in [3.05, 3.63) is 58.5 Å². The van der Waals surface area contributed by atoms with Crippen molar-refractivity contribution in [1.82, 2.24) is 9.97 Å². The molecule has 0 aliphatic carbocycles. The van der Waals surface area contributed by atoms with Gasteiger partial charge in [-0.1, -0.05) is 87.4 Å². The third kappa shape index (κ3) is 15.1. The van der Waals surface area contributed by atoms with Crippen LogP contribution in [0.1, 0.15) is 143 Å². The maximum Gasteiger partial charge on any atom is 0.512 e. The van der Waals surface area contributed by atoms with Gasteiger partial charge in [-0.25, -0.2) is 9.97 Å². The van der Waals surface area contributed by atoms with Crippen LogP contribution in [0.15, 0.2) is 48.5 Å². The topological polar surface area (TPSA) is 81.2 Å². The first kappa shape index (κ1) is 51.8. The molecule has 4 aromatic rings. The van der Waals surface area contributed by atoms with Gasteiger partial charge in [-0.15, -0.1) is 22.7 Å². The first-order chi connectivity index (χ1) is 28.4. The second-order valence-electron chi connectivity index (χ2n) is 15.1. The summed E-state index contributed by atoms with van der Waals surface area (Å²) in [6, 6.07) is 16.8. The number of fused-ring (bicyclic) bond motifs is 2. The molecule has 0 saturated heterocycles. The Kier molecular flexibility index (Phi) is 23.0. The SMILES string of the molecule is CCC(C)O[Si](OC(C)CC)(OC(C)CC)C(CSSSSSCC(c1nc2ccccc2s1)[Si](OC(C)CC)(OC(C)CC)OC(C)CC)c1nc2ccccc2s1. The summed E-state index contributed by atoms with van der Waals surface area (Å²) in [4.78, 5) is 10.4. The lowest BCUT2D eigenvalue weighted by atomic mass is 10.3. The minimum absolute atomic E-state index is 0.0115. The molecule has 0 bridgehead atoms. The highest BCUT2D eigenvalue weighted by atomic mass is 33.8. The van der Waals surface area contributed by atoms with E-state index in [9.17, 15) is 0 Å². The van der Waals surface area contributed by atoms with Crippen LogP contribution >= 0.6 is 73.7 Å². The van der Waals surface area contributed by atoms with E-state index in [1.807, 2.05) is 21.6 Å². The highest BCUT2D eigenvalue weighted by Gasteiger charge is 2.56. The number of nitrogens with zero attached hydrogens (tertiary/aromatic N) is 2. The number of thiazole rings is 2. The molecule has 0 aliphatic heterocycles. The molecule has 0 aliphatic rings. The first-order valence-corrected chi connectivity index (χ1v) is 33.1. The van der Waals surface area contributed by atoms with E-state index >= 15 is 0 Å². The van der Waals surface area contributed by atoms with E-state index in [2.05, 4.69) is 132 Å². The Balaban J connectivity index is 1.60. The van der Waals surface area contributed by atoms with Crippen molar-refractivity contribution in [2.24, 2.45) is 0 Å². The van der Waals surface area contributed by atoms with Gasteiger partial charge in [-0.05, 0) is 134 Å². The van der Waals surface area contributed by atoms with Gasteiger partial charge in [-0.2, -0.15) is 0 Å². The monoisotopic (exact) mass is 976 g/mol. The average molecular weight is 978 g/mol. The first-order valence-electron chi connectivity index (χ1n) is 21.4. The summed E-state index contributed by atoms with van der Waals surface area (Å²) in [5.74, 6) is 1.49. The molecule has 59 heavy (non-hydrogen) atoms. The Morgan fingerprint density at radius 1 is 0.458 bits per heavy atom. The molecule has 8 nitrogen and oxygen atoms in total. The Hall–Kier alpha value is 0.164. The summed E-state index contributed by atoms with van der Waals surface area (Å²) in [5, 5.41) is 2.05. The Morgan fingerprint density at radius 3 is 1.02 bits per heavy atom. The maximum atomic E-state index is 7.05. The number of rotatable bonds is 30. The third-order valence-corrected chi connectivity index (χ3v) is 29.4. The molecule has 17 heteroatoms. The minimum Gasteiger partial charge on any atom is -0.370 e. The molecule has 8 unspecified atom stereocenters. The number of hydrogen-bond donors (Lipinski definition) is 0. The minimum atomic E-state index is -3.34. The van der Waals surface area contributed by atoms with Crippen molar-refractivity contribution in [2.75, 3.05) is 11.5 Å². The van der Waals surface area contributed by atoms with Gasteiger partial charge >= 0.3 is 17.6 Å². The molecular formula is C42H68N2O6S7Si2. The molecule has 4 rings (SSSR count). The van der Waals surface area contributed by atoms with Gasteiger partial charge in [0.15, 0.2) is 0 Å². The summed E-state index contributed by atoms with van der Waals surface area (Å²) in [7, 11) is 2.32. The largest absolute Gasteiger partial charge is 0.512 e. The molecule has 8 atom stereocenters. The number of hydrogen-bond acceptors (Lipinski definition) is 15. The van der Waals surface area contributed by atoms with Gasteiger partial charge in [0.1, 0.15) is 10.0 Å². The van der Waals surface area contributed by atoms with Crippen molar-refractivity contribution in [3.8, 4) is 0 Å². The predicted molar refractivity (Wildman–Crippen MR) is 269 cm³/mol. The van der Waals surface area contributed by atoms with Crippen LogP contribution in [0, 0.1) is 0 Å². The van der Waals surface area contributed by atoms with E-state index in [1.165, 1.54) is 9.40 Å². The predicted octanol–water partition coefficient (Wildman–Crippen LogP) is 14.9. The van der Waals surface area contributed by atoms with Gasteiger partial charge < -0.3 is 26.6 Å². The summed E-state index contributed by atoms with van der Waals surface area (Å²) in [6.07, 6.45) is 5.16. The van der Waals surface area contributed by atoms with E-state index in [-0.39, 0.29) is 47.7 Å². The fourth-order valence-corrected chi connectivity index (χ4v) is 27.2. The van der Waals surface area contributed by atoms with Crippen LogP contribution in [-0.2, 0) is 26.6 Å². The van der Waals surface area contributed by atoms with Crippen LogP contribution in [0.3, 0.4) is 0 Å². The summed E-state index contributed by atoms with van der Waals surface area (Å²) in [6.45, 7) is 25.8. The van der Waals surface area contributed by atoms with Crippen molar-refractivity contribution < 1.29 is 26.6 Å². The molecule has 0 spiro atoms.